The van der Waals surface area contributed by atoms with Gasteiger partial charge >= 0.3 is 0 Å². The second kappa shape index (κ2) is 7.70. The van der Waals surface area contributed by atoms with Crippen molar-refractivity contribution in [2.75, 3.05) is 5.32 Å². The Bertz CT molecular complexity index is 929. The first-order chi connectivity index (χ1) is 12.4. The standard InChI is InChI=1S/C21H20FNO2S/c1-13-7-8-17(10-18(13)22)23-21(24)19-9-16(12-26-19)11-25-20-14(2)5-4-6-15(20)3/h4-10,12H,11H2,1-3H3,(H,23,24). The SMILES string of the molecule is Cc1ccc(NC(=O)c2cc(COc3c(C)cccc3C)cs2)cc1F. The van der Waals surface area contributed by atoms with Gasteiger partial charge in [0.15, 0.2) is 0 Å². The molecule has 0 fully saturated rings. The minimum absolute atomic E-state index is 0.253. The van der Waals surface area contributed by atoms with Crippen molar-refractivity contribution in [1.29, 1.82) is 0 Å². The summed E-state index contributed by atoms with van der Waals surface area (Å²) in [6.07, 6.45) is 0. The smallest absolute Gasteiger partial charge is 0.265 e. The molecule has 134 valence electrons. The van der Waals surface area contributed by atoms with Crippen LogP contribution in [0.15, 0.2) is 47.8 Å². The Hall–Kier alpha value is -2.66. The molecular weight excluding hydrogens is 349 g/mol. The lowest BCUT2D eigenvalue weighted by Crippen LogP contribution is -2.10. The molecule has 1 N–H and O–H groups in total. The molecule has 1 heterocycles. The zero-order chi connectivity index (χ0) is 18.7. The first-order valence-electron chi connectivity index (χ1n) is 8.28. The summed E-state index contributed by atoms with van der Waals surface area (Å²) in [5.74, 6) is 0.285. The van der Waals surface area contributed by atoms with Crippen LogP contribution in [0, 0.1) is 26.6 Å². The number of para-hydroxylation sites is 1. The topological polar surface area (TPSA) is 38.3 Å². The van der Waals surface area contributed by atoms with Gasteiger partial charge < -0.3 is 10.1 Å². The largest absolute Gasteiger partial charge is 0.488 e. The van der Waals surface area contributed by atoms with Crippen LogP contribution >= 0.6 is 11.3 Å². The highest BCUT2D eigenvalue weighted by Crippen LogP contribution is 2.25. The van der Waals surface area contributed by atoms with Crippen LogP contribution in [0.3, 0.4) is 0 Å². The number of hydrogen-bond donors (Lipinski definition) is 1. The third-order valence-corrected chi connectivity index (χ3v) is 5.08. The molecule has 0 unspecified atom stereocenters. The molecule has 5 heteroatoms. The molecule has 0 atom stereocenters. The van der Waals surface area contributed by atoms with E-state index in [0.717, 1.165) is 22.4 Å². The highest BCUT2D eigenvalue weighted by Gasteiger charge is 2.11. The minimum Gasteiger partial charge on any atom is -0.488 e. The van der Waals surface area contributed by atoms with E-state index in [0.29, 0.717) is 22.7 Å². The van der Waals surface area contributed by atoms with Gasteiger partial charge in [-0.15, -0.1) is 11.3 Å². The highest BCUT2D eigenvalue weighted by atomic mass is 32.1. The molecule has 0 bridgehead atoms. The highest BCUT2D eigenvalue weighted by molar-refractivity contribution is 7.12. The predicted molar refractivity (Wildman–Crippen MR) is 104 cm³/mol. The number of amides is 1. The van der Waals surface area contributed by atoms with Crippen molar-refractivity contribution in [3.8, 4) is 5.75 Å². The molecule has 3 nitrogen and oxygen atoms in total. The normalized spacial score (nSPS) is 10.6. The van der Waals surface area contributed by atoms with Gasteiger partial charge in [0, 0.05) is 11.3 Å². The van der Waals surface area contributed by atoms with E-state index in [1.54, 1.807) is 25.1 Å². The lowest BCUT2D eigenvalue weighted by molar-refractivity contribution is 0.103. The Kier molecular flexibility index (Phi) is 5.38. The van der Waals surface area contributed by atoms with Crippen LogP contribution in [0.4, 0.5) is 10.1 Å². The van der Waals surface area contributed by atoms with Gasteiger partial charge in [-0.1, -0.05) is 24.3 Å². The zero-order valence-electron chi connectivity index (χ0n) is 14.9. The monoisotopic (exact) mass is 369 g/mol. The Morgan fingerprint density at radius 1 is 1.08 bits per heavy atom. The molecule has 0 spiro atoms. The van der Waals surface area contributed by atoms with Gasteiger partial charge in [0.1, 0.15) is 18.2 Å². The van der Waals surface area contributed by atoms with E-state index in [4.69, 9.17) is 4.74 Å². The van der Waals surface area contributed by atoms with E-state index < -0.39 is 0 Å². The fourth-order valence-corrected chi connectivity index (χ4v) is 3.41. The number of benzene rings is 2. The lowest BCUT2D eigenvalue weighted by atomic mass is 10.1. The van der Waals surface area contributed by atoms with Crippen molar-refractivity contribution in [2.24, 2.45) is 0 Å². The van der Waals surface area contributed by atoms with E-state index in [9.17, 15) is 9.18 Å². The van der Waals surface area contributed by atoms with Gasteiger partial charge in [-0.25, -0.2) is 4.39 Å². The van der Waals surface area contributed by atoms with Gasteiger partial charge in [-0.2, -0.15) is 0 Å². The number of hydrogen-bond acceptors (Lipinski definition) is 3. The summed E-state index contributed by atoms with van der Waals surface area (Å²) in [6.45, 7) is 6.10. The number of halogens is 1. The summed E-state index contributed by atoms with van der Waals surface area (Å²) in [6, 6.07) is 12.5. The van der Waals surface area contributed by atoms with Crippen molar-refractivity contribution < 1.29 is 13.9 Å². The zero-order valence-corrected chi connectivity index (χ0v) is 15.7. The lowest BCUT2D eigenvalue weighted by Gasteiger charge is -2.10. The number of aryl methyl sites for hydroxylation is 3. The molecule has 2 aromatic carbocycles. The Morgan fingerprint density at radius 2 is 1.81 bits per heavy atom. The van der Waals surface area contributed by atoms with Gasteiger partial charge in [-0.05, 0) is 61.0 Å². The average molecular weight is 369 g/mol. The third-order valence-electron chi connectivity index (χ3n) is 4.10. The van der Waals surface area contributed by atoms with Gasteiger partial charge in [0.25, 0.3) is 5.91 Å². The van der Waals surface area contributed by atoms with Crippen LogP contribution in [0.25, 0.3) is 0 Å². The van der Waals surface area contributed by atoms with Crippen molar-refractivity contribution in [2.45, 2.75) is 27.4 Å². The van der Waals surface area contributed by atoms with E-state index in [2.05, 4.69) is 5.32 Å². The average Bonchev–Trinajstić information content (AvgIpc) is 3.07. The third kappa shape index (κ3) is 4.11. The number of thiophene rings is 1. The number of nitrogens with one attached hydrogen (secondary N) is 1. The van der Waals surface area contributed by atoms with Crippen molar-refractivity contribution in [3.05, 3.63) is 80.8 Å². The van der Waals surface area contributed by atoms with Crippen LogP contribution in [0.1, 0.15) is 31.9 Å². The molecule has 0 saturated carbocycles. The summed E-state index contributed by atoms with van der Waals surface area (Å²) in [5.41, 5.74) is 4.09. The quantitative estimate of drug-likeness (QED) is 0.632. The molecule has 0 radical (unpaired) electrons. The van der Waals surface area contributed by atoms with E-state index >= 15 is 0 Å². The summed E-state index contributed by atoms with van der Waals surface area (Å²) >= 11 is 1.34. The van der Waals surface area contributed by atoms with E-state index in [1.807, 2.05) is 37.4 Å². The maximum Gasteiger partial charge on any atom is 0.265 e. The minimum atomic E-state index is -0.336. The summed E-state index contributed by atoms with van der Waals surface area (Å²) in [4.78, 5) is 12.9. The summed E-state index contributed by atoms with van der Waals surface area (Å²) < 4.78 is 19.5. The molecule has 1 amide bonds. The molecule has 3 rings (SSSR count). The molecule has 3 aromatic rings. The molecule has 0 aliphatic heterocycles. The second-order valence-electron chi connectivity index (χ2n) is 6.25. The maximum atomic E-state index is 13.6. The number of carbonyl (C=O) groups is 1. The maximum absolute atomic E-state index is 13.6. The Labute approximate surface area is 156 Å². The van der Waals surface area contributed by atoms with Crippen LogP contribution in [0.5, 0.6) is 5.75 Å². The van der Waals surface area contributed by atoms with E-state index in [-0.39, 0.29) is 11.7 Å². The van der Waals surface area contributed by atoms with Gasteiger partial charge in [0.2, 0.25) is 0 Å². The molecule has 0 aliphatic rings. The molecule has 1 aromatic heterocycles. The van der Waals surface area contributed by atoms with Crippen LogP contribution in [-0.2, 0) is 6.61 Å². The molecule has 0 saturated heterocycles. The van der Waals surface area contributed by atoms with Crippen LogP contribution < -0.4 is 10.1 Å². The van der Waals surface area contributed by atoms with Gasteiger partial charge in [0.05, 0.1) is 4.88 Å². The fourth-order valence-electron chi connectivity index (χ4n) is 2.62. The number of ether oxygens (including phenoxy) is 1. The Morgan fingerprint density at radius 3 is 2.50 bits per heavy atom. The number of rotatable bonds is 5. The fraction of sp³-hybridized carbons (Fsp3) is 0.190. The second-order valence-corrected chi connectivity index (χ2v) is 7.16. The molecular formula is C21H20FNO2S. The van der Waals surface area contributed by atoms with Crippen LogP contribution in [-0.4, -0.2) is 5.91 Å². The Balaban J connectivity index is 1.65. The first kappa shape index (κ1) is 18.1. The number of anilines is 1. The molecule has 0 aliphatic carbocycles. The summed E-state index contributed by atoms with van der Waals surface area (Å²) in [7, 11) is 0. The van der Waals surface area contributed by atoms with Gasteiger partial charge in [-0.3, -0.25) is 4.79 Å². The van der Waals surface area contributed by atoms with Crippen molar-refractivity contribution in [1.82, 2.24) is 0 Å². The van der Waals surface area contributed by atoms with Crippen molar-refractivity contribution >= 4 is 22.9 Å². The van der Waals surface area contributed by atoms with E-state index in [1.165, 1.54) is 17.4 Å². The van der Waals surface area contributed by atoms with Crippen LogP contribution in [0.2, 0.25) is 0 Å². The summed E-state index contributed by atoms with van der Waals surface area (Å²) in [5, 5.41) is 4.62. The number of carbonyl (C=O) groups excluding carboxylic acids is 1. The molecule has 26 heavy (non-hydrogen) atoms. The first-order valence-corrected chi connectivity index (χ1v) is 9.16. The predicted octanol–water partition coefficient (Wildman–Crippen LogP) is 5.64. The van der Waals surface area contributed by atoms with Crippen molar-refractivity contribution in [3.63, 3.8) is 0 Å².